The van der Waals surface area contributed by atoms with Gasteiger partial charge in [-0.3, -0.25) is 4.79 Å². The van der Waals surface area contributed by atoms with E-state index in [2.05, 4.69) is 20.9 Å². The van der Waals surface area contributed by atoms with E-state index in [4.69, 9.17) is 0 Å². The minimum Gasteiger partial charge on any atom is -0.386 e. The quantitative estimate of drug-likeness (QED) is 0.510. The molecule has 2 bridgehead atoms. The van der Waals surface area contributed by atoms with Crippen LogP contribution in [0.25, 0.3) is 10.2 Å². The number of hydrogen-bond donors (Lipinski definition) is 3. The second-order valence-electron chi connectivity index (χ2n) is 8.82. The molecule has 2 aromatic heterocycles. The van der Waals surface area contributed by atoms with Gasteiger partial charge in [0.15, 0.2) is 0 Å². The zero-order chi connectivity index (χ0) is 23.1. The summed E-state index contributed by atoms with van der Waals surface area (Å²) in [5, 5.41) is 10.3. The number of rotatable bonds is 6. The van der Waals surface area contributed by atoms with E-state index in [0.717, 1.165) is 34.4 Å². The van der Waals surface area contributed by atoms with Crippen molar-refractivity contribution in [1.82, 2.24) is 15.6 Å². The fraction of sp³-hybridized carbons (Fsp3) is 0.417. The topological polar surface area (TPSA) is 69.3 Å². The van der Waals surface area contributed by atoms with Gasteiger partial charge in [-0.05, 0) is 56.0 Å². The van der Waals surface area contributed by atoms with Crippen LogP contribution < -0.4 is 20.9 Å². The van der Waals surface area contributed by atoms with Gasteiger partial charge in [-0.1, -0.05) is 0 Å². The number of benzene rings is 1. The lowest BCUT2D eigenvalue weighted by molar-refractivity contribution is 0.0959. The number of thiophene rings is 1. The molecule has 4 heterocycles. The van der Waals surface area contributed by atoms with Gasteiger partial charge in [-0.25, -0.2) is 13.8 Å². The van der Waals surface area contributed by atoms with E-state index in [1.165, 1.54) is 23.5 Å². The van der Waals surface area contributed by atoms with Crippen LogP contribution in [0.15, 0.2) is 24.3 Å². The Morgan fingerprint density at radius 2 is 1.91 bits per heavy atom. The van der Waals surface area contributed by atoms with Crippen LogP contribution in [0, 0.1) is 18.6 Å². The van der Waals surface area contributed by atoms with Crippen molar-refractivity contribution in [3.8, 4) is 0 Å². The molecule has 3 N–H and O–H groups in total. The van der Waals surface area contributed by atoms with Crippen LogP contribution in [0.2, 0.25) is 0 Å². The molecule has 2 aliphatic rings. The zero-order valence-corrected chi connectivity index (χ0v) is 19.5. The van der Waals surface area contributed by atoms with Crippen molar-refractivity contribution in [2.45, 2.75) is 38.3 Å². The van der Waals surface area contributed by atoms with E-state index in [1.807, 2.05) is 24.0 Å². The first-order valence-corrected chi connectivity index (χ1v) is 12.1. The van der Waals surface area contributed by atoms with Crippen LogP contribution in [0.4, 0.5) is 20.2 Å². The Labute approximate surface area is 195 Å². The molecule has 0 spiro atoms. The number of halogens is 2. The second-order valence-corrected chi connectivity index (χ2v) is 9.82. The third-order valence-electron chi connectivity index (χ3n) is 6.46. The Balaban J connectivity index is 1.26. The Kier molecular flexibility index (Phi) is 5.92. The lowest BCUT2D eigenvalue weighted by Crippen LogP contribution is -2.51. The number of carbonyl (C=O) groups is 1. The number of amides is 1. The summed E-state index contributed by atoms with van der Waals surface area (Å²) in [7, 11) is 1.77. The SMILES string of the molecule is CNc1c(C(=O)NCCc2cc(F)c(N3C[C@H]4CC[C@@H](C3)N4)c(F)c2)sc2nc(C)ccc12. The molecule has 1 amide bonds. The average molecular weight is 472 g/mol. The third kappa shape index (κ3) is 4.27. The Morgan fingerprint density at radius 1 is 1.21 bits per heavy atom. The smallest absolute Gasteiger partial charge is 0.263 e. The molecule has 33 heavy (non-hydrogen) atoms. The lowest BCUT2D eigenvalue weighted by atomic mass is 10.1. The predicted octanol–water partition coefficient (Wildman–Crippen LogP) is 3.84. The molecule has 174 valence electrons. The van der Waals surface area contributed by atoms with Crippen LogP contribution in [-0.2, 0) is 6.42 Å². The molecule has 1 aromatic carbocycles. The number of aromatic nitrogens is 1. The highest BCUT2D eigenvalue weighted by atomic mass is 32.1. The van der Waals surface area contributed by atoms with E-state index in [1.54, 1.807) is 7.05 Å². The molecule has 2 aliphatic heterocycles. The minimum absolute atomic E-state index is 0.0629. The number of carbonyl (C=O) groups excluding carboxylic acids is 1. The van der Waals surface area contributed by atoms with Crippen molar-refractivity contribution in [2.75, 3.05) is 36.9 Å². The highest BCUT2D eigenvalue weighted by Crippen LogP contribution is 2.34. The number of fused-ring (bicyclic) bond motifs is 3. The molecule has 5 rings (SSSR count). The predicted molar refractivity (Wildman–Crippen MR) is 128 cm³/mol. The number of piperazine rings is 1. The van der Waals surface area contributed by atoms with Gasteiger partial charge in [-0.15, -0.1) is 11.3 Å². The molecule has 0 aliphatic carbocycles. The summed E-state index contributed by atoms with van der Waals surface area (Å²) in [4.78, 5) is 20.5. The summed E-state index contributed by atoms with van der Waals surface area (Å²) >= 11 is 1.33. The first-order valence-electron chi connectivity index (χ1n) is 11.3. The van der Waals surface area contributed by atoms with Gasteiger partial charge >= 0.3 is 0 Å². The van der Waals surface area contributed by atoms with Crippen LogP contribution in [0.1, 0.15) is 33.8 Å². The van der Waals surface area contributed by atoms with Crippen molar-refractivity contribution >= 4 is 38.8 Å². The standard InChI is InChI=1S/C24H27F2N5OS/c1-13-3-6-17-20(27-2)22(33-24(17)29-13)23(32)28-8-7-14-9-18(25)21(19(26)10-14)31-11-15-4-5-16(12-31)30-15/h3,6,9-10,15-16,27,30H,4-5,7-8,11-12H2,1-2H3,(H,28,32)/t15-,16+. The molecule has 6 nitrogen and oxygen atoms in total. The van der Waals surface area contributed by atoms with Gasteiger partial charge in [-0.2, -0.15) is 0 Å². The average Bonchev–Trinajstić information content (AvgIpc) is 3.31. The van der Waals surface area contributed by atoms with Crippen LogP contribution in [0.3, 0.4) is 0 Å². The normalized spacial score (nSPS) is 19.8. The van der Waals surface area contributed by atoms with E-state index < -0.39 is 11.6 Å². The summed E-state index contributed by atoms with van der Waals surface area (Å²) in [6.07, 6.45) is 2.43. The number of hydrogen-bond acceptors (Lipinski definition) is 6. The maximum absolute atomic E-state index is 14.9. The van der Waals surface area contributed by atoms with Crippen molar-refractivity contribution in [3.63, 3.8) is 0 Å². The minimum atomic E-state index is -0.541. The number of anilines is 2. The van der Waals surface area contributed by atoms with Crippen LogP contribution >= 0.6 is 11.3 Å². The highest BCUT2D eigenvalue weighted by molar-refractivity contribution is 7.21. The Hall–Kier alpha value is -2.78. The van der Waals surface area contributed by atoms with E-state index in [9.17, 15) is 13.6 Å². The first kappa shape index (κ1) is 22.0. The molecule has 0 unspecified atom stereocenters. The van der Waals surface area contributed by atoms with Crippen molar-refractivity contribution in [3.05, 3.63) is 52.0 Å². The number of nitrogens with one attached hydrogen (secondary N) is 3. The fourth-order valence-electron chi connectivity index (χ4n) is 4.92. The molecule has 0 saturated carbocycles. The van der Waals surface area contributed by atoms with Crippen LogP contribution in [-0.4, -0.2) is 49.7 Å². The summed E-state index contributed by atoms with van der Waals surface area (Å²) in [5.41, 5.74) is 2.22. The summed E-state index contributed by atoms with van der Waals surface area (Å²) in [6.45, 7) is 3.43. The monoisotopic (exact) mass is 471 g/mol. The molecule has 3 aromatic rings. The summed E-state index contributed by atoms with van der Waals surface area (Å²) in [6, 6.07) is 7.24. The van der Waals surface area contributed by atoms with Gasteiger partial charge in [0.05, 0.1) is 5.69 Å². The van der Waals surface area contributed by atoms with Crippen molar-refractivity contribution < 1.29 is 13.6 Å². The molecular weight excluding hydrogens is 444 g/mol. The largest absolute Gasteiger partial charge is 0.386 e. The van der Waals surface area contributed by atoms with Crippen molar-refractivity contribution in [1.29, 1.82) is 0 Å². The molecule has 0 radical (unpaired) electrons. The van der Waals surface area contributed by atoms with Gasteiger partial charge in [0, 0.05) is 49.8 Å². The van der Waals surface area contributed by atoms with Crippen molar-refractivity contribution in [2.24, 2.45) is 0 Å². The summed E-state index contributed by atoms with van der Waals surface area (Å²) < 4.78 is 29.7. The lowest BCUT2D eigenvalue weighted by Gasteiger charge is -2.35. The maximum atomic E-state index is 14.9. The number of nitrogens with zero attached hydrogens (tertiary/aromatic N) is 2. The maximum Gasteiger partial charge on any atom is 0.263 e. The van der Waals surface area contributed by atoms with Gasteiger partial charge < -0.3 is 20.9 Å². The Morgan fingerprint density at radius 3 is 2.58 bits per heavy atom. The number of pyridine rings is 1. The molecule has 2 atom stereocenters. The molecule has 2 fully saturated rings. The number of aryl methyl sites for hydroxylation is 1. The molecule has 2 saturated heterocycles. The Bertz CT molecular complexity index is 1180. The first-order chi connectivity index (χ1) is 15.9. The van der Waals surface area contributed by atoms with E-state index >= 15 is 0 Å². The van der Waals surface area contributed by atoms with Crippen LogP contribution in [0.5, 0.6) is 0 Å². The van der Waals surface area contributed by atoms with Gasteiger partial charge in [0.1, 0.15) is 27.0 Å². The fourth-order valence-corrected chi connectivity index (χ4v) is 6.07. The van der Waals surface area contributed by atoms with Gasteiger partial charge in [0.2, 0.25) is 0 Å². The van der Waals surface area contributed by atoms with Gasteiger partial charge in [0.25, 0.3) is 5.91 Å². The van der Waals surface area contributed by atoms with E-state index in [0.29, 0.717) is 42.0 Å². The molecular formula is C24H27F2N5OS. The highest BCUT2D eigenvalue weighted by Gasteiger charge is 2.34. The zero-order valence-electron chi connectivity index (χ0n) is 18.7. The van der Waals surface area contributed by atoms with E-state index in [-0.39, 0.29) is 18.1 Å². The summed E-state index contributed by atoms with van der Waals surface area (Å²) in [5.74, 6) is -1.31. The second kappa shape index (κ2) is 8.87. The third-order valence-corrected chi connectivity index (χ3v) is 7.56. The molecule has 9 heteroatoms.